The Labute approximate surface area is 113 Å². The minimum atomic E-state index is 0.0552. The third-order valence-electron chi connectivity index (χ3n) is 3.34. The van der Waals surface area contributed by atoms with E-state index in [9.17, 15) is 4.79 Å². The van der Waals surface area contributed by atoms with Crippen LogP contribution in [0.4, 0.5) is 5.69 Å². The molecule has 0 fully saturated rings. The van der Waals surface area contributed by atoms with Gasteiger partial charge in [0.25, 0.3) is 5.91 Å². The van der Waals surface area contributed by atoms with E-state index in [0.717, 1.165) is 17.7 Å². The summed E-state index contributed by atoms with van der Waals surface area (Å²) >= 11 is 0. The van der Waals surface area contributed by atoms with Crippen molar-refractivity contribution in [3.63, 3.8) is 0 Å². The number of amides is 1. The van der Waals surface area contributed by atoms with Crippen LogP contribution in [0.15, 0.2) is 66.7 Å². The lowest BCUT2D eigenvalue weighted by Crippen LogP contribution is -2.31. The molecular formula is C17H15NO. The molecule has 0 aromatic heterocycles. The van der Waals surface area contributed by atoms with Crippen molar-refractivity contribution in [1.29, 1.82) is 0 Å². The van der Waals surface area contributed by atoms with E-state index in [0.29, 0.717) is 6.54 Å². The van der Waals surface area contributed by atoms with Crippen LogP contribution >= 0.6 is 0 Å². The van der Waals surface area contributed by atoms with Gasteiger partial charge in [-0.05, 0) is 30.2 Å². The highest BCUT2D eigenvalue weighted by Gasteiger charge is 2.19. The van der Waals surface area contributed by atoms with Crippen molar-refractivity contribution in [2.45, 2.75) is 6.42 Å². The Morgan fingerprint density at radius 3 is 2.47 bits per heavy atom. The minimum absolute atomic E-state index is 0.0552. The molecule has 2 nitrogen and oxygen atoms in total. The van der Waals surface area contributed by atoms with Crippen LogP contribution in [0.2, 0.25) is 0 Å². The molecule has 0 bridgehead atoms. The van der Waals surface area contributed by atoms with E-state index in [2.05, 4.69) is 18.2 Å². The van der Waals surface area contributed by atoms with Gasteiger partial charge in [-0.15, -0.1) is 0 Å². The summed E-state index contributed by atoms with van der Waals surface area (Å²) in [6.07, 6.45) is 5.06. The molecule has 0 saturated carbocycles. The van der Waals surface area contributed by atoms with E-state index in [1.807, 2.05) is 53.4 Å². The Balaban J connectivity index is 2.01. The van der Waals surface area contributed by atoms with Gasteiger partial charge in [0.2, 0.25) is 0 Å². The fourth-order valence-electron chi connectivity index (χ4n) is 2.36. The fourth-order valence-corrected chi connectivity index (χ4v) is 2.36. The van der Waals surface area contributed by atoms with Crippen LogP contribution in [0.3, 0.4) is 0 Å². The van der Waals surface area contributed by atoms with Crippen LogP contribution in [0, 0.1) is 0 Å². The molecule has 0 atom stereocenters. The average molecular weight is 249 g/mol. The first-order valence-corrected chi connectivity index (χ1v) is 6.46. The third-order valence-corrected chi connectivity index (χ3v) is 3.34. The molecule has 2 aromatic rings. The van der Waals surface area contributed by atoms with Crippen molar-refractivity contribution < 1.29 is 4.79 Å². The lowest BCUT2D eigenvalue weighted by molar-refractivity contribution is 0.0989. The van der Waals surface area contributed by atoms with Crippen LogP contribution < -0.4 is 4.90 Å². The standard InChI is InChI=1S/C17H15NO/c19-17(15-10-2-1-3-11-15)18-13-7-6-9-14-8-4-5-12-16(14)18/h1-8,10-12H,9,13H2. The van der Waals surface area contributed by atoms with E-state index in [1.54, 1.807) is 0 Å². The zero-order valence-corrected chi connectivity index (χ0v) is 10.6. The van der Waals surface area contributed by atoms with Crippen LogP contribution in [0.25, 0.3) is 0 Å². The first kappa shape index (κ1) is 11.7. The number of carbonyl (C=O) groups excluding carboxylic acids is 1. The van der Waals surface area contributed by atoms with Gasteiger partial charge in [-0.3, -0.25) is 4.79 Å². The second-order valence-corrected chi connectivity index (χ2v) is 4.59. The van der Waals surface area contributed by atoms with E-state index in [-0.39, 0.29) is 5.91 Å². The first-order valence-electron chi connectivity index (χ1n) is 6.46. The lowest BCUT2D eigenvalue weighted by atomic mass is 10.1. The second kappa shape index (κ2) is 5.11. The number of anilines is 1. The highest BCUT2D eigenvalue weighted by atomic mass is 16.2. The zero-order valence-electron chi connectivity index (χ0n) is 10.6. The molecule has 1 heterocycles. The molecule has 2 aromatic carbocycles. The van der Waals surface area contributed by atoms with Gasteiger partial charge in [-0.1, -0.05) is 48.6 Å². The quantitative estimate of drug-likeness (QED) is 0.709. The van der Waals surface area contributed by atoms with Crippen molar-refractivity contribution in [2.75, 3.05) is 11.4 Å². The maximum Gasteiger partial charge on any atom is 0.258 e. The number of allylic oxidation sites excluding steroid dienone is 1. The molecule has 0 radical (unpaired) electrons. The van der Waals surface area contributed by atoms with Gasteiger partial charge >= 0.3 is 0 Å². The van der Waals surface area contributed by atoms with E-state index >= 15 is 0 Å². The number of para-hydroxylation sites is 1. The molecule has 1 aliphatic heterocycles. The van der Waals surface area contributed by atoms with Crippen molar-refractivity contribution in [3.05, 3.63) is 77.9 Å². The number of benzene rings is 2. The van der Waals surface area contributed by atoms with E-state index < -0.39 is 0 Å². The van der Waals surface area contributed by atoms with E-state index in [4.69, 9.17) is 0 Å². The van der Waals surface area contributed by atoms with Crippen LogP contribution in [-0.4, -0.2) is 12.5 Å². The predicted molar refractivity (Wildman–Crippen MR) is 77.4 cm³/mol. The monoisotopic (exact) mass is 249 g/mol. The molecule has 0 spiro atoms. The summed E-state index contributed by atoms with van der Waals surface area (Å²) in [5.74, 6) is 0.0552. The van der Waals surface area contributed by atoms with Gasteiger partial charge in [-0.2, -0.15) is 0 Å². The Bertz CT molecular complexity index is 616. The average Bonchev–Trinajstić information content (AvgIpc) is 2.70. The number of carbonyl (C=O) groups is 1. The summed E-state index contributed by atoms with van der Waals surface area (Å²) in [5.41, 5.74) is 2.94. The van der Waals surface area contributed by atoms with Gasteiger partial charge in [0.1, 0.15) is 0 Å². The van der Waals surface area contributed by atoms with Crippen LogP contribution in [0.1, 0.15) is 15.9 Å². The topological polar surface area (TPSA) is 20.3 Å². The van der Waals surface area contributed by atoms with Crippen molar-refractivity contribution in [1.82, 2.24) is 0 Å². The molecule has 19 heavy (non-hydrogen) atoms. The lowest BCUT2D eigenvalue weighted by Gasteiger charge is -2.22. The second-order valence-electron chi connectivity index (χ2n) is 4.59. The van der Waals surface area contributed by atoms with E-state index in [1.165, 1.54) is 5.56 Å². The maximum atomic E-state index is 12.6. The first-order chi connectivity index (χ1) is 9.36. The molecular weight excluding hydrogens is 234 g/mol. The summed E-state index contributed by atoms with van der Waals surface area (Å²) in [7, 11) is 0. The van der Waals surface area contributed by atoms with Gasteiger partial charge in [0.05, 0.1) is 0 Å². The van der Waals surface area contributed by atoms with Gasteiger partial charge in [0, 0.05) is 17.8 Å². The summed E-state index contributed by atoms with van der Waals surface area (Å²) in [6.45, 7) is 0.630. The Kier molecular flexibility index (Phi) is 3.15. The predicted octanol–water partition coefficient (Wildman–Crippen LogP) is 3.45. The molecule has 0 aliphatic carbocycles. The molecule has 0 N–H and O–H groups in total. The zero-order chi connectivity index (χ0) is 13.1. The highest BCUT2D eigenvalue weighted by molar-refractivity contribution is 6.06. The highest BCUT2D eigenvalue weighted by Crippen LogP contribution is 2.25. The molecule has 0 unspecified atom stereocenters. The summed E-state index contributed by atoms with van der Waals surface area (Å²) in [6, 6.07) is 17.5. The van der Waals surface area contributed by atoms with Crippen LogP contribution in [0.5, 0.6) is 0 Å². The molecule has 0 saturated heterocycles. The largest absolute Gasteiger partial charge is 0.304 e. The third kappa shape index (κ3) is 2.29. The normalized spacial score (nSPS) is 13.8. The molecule has 2 heteroatoms. The van der Waals surface area contributed by atoms with Crippen LogP contribution in [-0.2, 0) is 6.42 Å². The molecule has 94 valence electrons. The molecule has 1 amide bonds. The number of hydrogen-bond donors (Lipinski definition) is 0. The van der Waals surface area contributed by atoms with Crippen molar-refractivity contribution >= 4 is 11.6 Å². The summed E-state index contributed by atoms with van der Waals surface area (Å²) in [5, 5.41) is 0. The van der Waals surface area contributed by atoms with Gasteiger partial charge in [0.15, 0.2) is 0 Å². The van der Waals surface area contributed by atoms with Crippen molar-refractivity contribution in [2.24, 2.45) is 0 Å². The number of nitrogens with zero attached hydrogens (tertiary/aromatic N) is 1. The maximum absolute atomic E-state index is 12.6. The SMILES string of the molecule is O=C(c1ccccc1)N1CC=CCc2ccccc21. The smallest absolute Gasteiger partial charge is 0.258 e. The Hall–Kier alpha value is -2.35. The molecule has 1 aliphatic rings. The van der Waals surface area contributed by atoms with Crippen molar-refractivity contribution in [3.8, 4) is 0 Å². The number of hydrogen-bond acceptors (Lipinski definition) is 1. The Morgan fingerprint density at radius 1 is 0.895 bits per heavy atom. The fraction of sp³-hybridized carbons (Fsp3) is 0.118. The summed E-state index contributed by atoms with van der Waals surface area (Å²) < 4.78 is 0. The number of rotatable bonds is 1. The minimum Gasteiger partial charge on any atom is -0.304 e. The van der Waals surface area contributed by atoms with Gasteiger partial charge < -0.3 is 4.90 Å². The Morgan fingerprint density at radius 2 is 1.63 bits per heavy atom. The molecule has 3 rings (SSSR count). The van der Waals surface area contributed by atoms with Gasteiger partial charge in [-0.25, -0.2) is 0 Å². The number of fused-ring (bicyclic) bond motifs is 1. The summed E-state index contributed by atoms with van der Waals surface area (Å²) in [4.78, 5) is 14.4.